The number of aliphatic hydroxyl groups excluding tert-OH is 1. The van der Waals surface area contributed by atoms with Gasteiger partial charge in [-0.2, -0.15) is 0 Å². The molecule has 3 nitrogen and oxygen atoms in total. The number of aliphatic hydroxyl groups is 1. The second kappa shape index (κ2) is 6.32. The second-order valence-corrected chi connectivity index (χ2v) is 7.36. The van der Waals surface area contributed by atoms with Gasteiger partial charge < -0.3 is 15.7 Å². The van der Waals surface area contributed by atoms with Crippen LogP contribution in [0.4, 0.5) is 10.1 Å². The summed E-state index contributed by atoms with van der Waals surface area (Å²) in [6.45, 7) is 7.81. The Morgan fingerprint density at radius 2 is 1.90 bits per heavy atom. The third-order valence-electron chi connectivity index (χ3n) is 4.32. The van der Waals surface area contributed by atoms with E-state index in [2.05, 4.69) is 25.7 Å². The first-order valence-corrected chi connectivity index (χ1v) is 7.70. The molecule has 0 aliphatic carbocycles. The van der Waals surface area contributed by atoms with Gasteiger partial charge in [-0.15, -0.1) is 0 Å². The lowest BCUT2D eigenvalue weighted by Crippen LogP contribution is -2.48. The van der Waals surface area contributed by atoms with E-state index in [0.717, 1.165) is 31.6 Å². The molecule has 3 atom stereocenters. The van der Waals surface area contributed by atoms with Crippen LogP contribution in [-0.2, 0) is 0 Å². The van der Waals surface area contributed by atoms with Gasteiger partial charge in [0.25, 0.3) is 0 Å². The van der Waals surface area contributed by atoms with Gasteiger partial charge >= 0.3 is 0 Å². The third-order valence-corrected chi connectivity index (χ3v) is 4.32. The van der Waals surface area contributed by atoms with E-state index >= 15 is 0 Å². The topological polar surface area (TPSA) is 49.5 Å². The summed E-state index contributed by atoms with van der Waals surface area (Å²) in [6, 6.07) is 6.65. The maximum absolute atomic E-state index is 13.0. The highest BCUT2D eigenvalue weighted by molar-refractivity contribution is 5.47. The van der Waals surface area contributed by atoms with E-state index in [-0.39, 0.29) is 23.4 Å². The molecule has 1 fully saturated rings. The maximum Gasteiger partial charge on any atom is 0.123 e. The molecule has 1 heterocycles. The van der Waals surface area contributed by atoms with Gasteiger partial charge in [0.1, 0.15) is 5.82 Å². The van der Waals surface area contributed by atoms with Crippen LogP contribution in [0.2, 0.25) is 0 Å². The molecule has 0 bridgehead atoms. The molecule has 21 heavy (non-hydrogen) atoms. The highest BCUT2D eigenvalue weighted by Gasteiger charge is 2.30. The molecular weight excluding hydrogens is 267 g/mol. The Balaban J connectivity index is 2.04. The standard InChI is InChI=1S/C17H27FN2O/c1-17(2,3)16(21)9-12-8-14(19)11-20(10-12)15-6-4-13(18)5-7-15/h4-7,12,14,16,21H,8-11,19H2,1-3H3. The first-order chi connectivity index (χ1) is 9.75. The average Bonchev–Trinajstić information content (AvgIpc) is 2.37. The van der Waals surface area contributed by atoms with Crippen molar-refractivity contribution in [1.29, 1.82) is 0 Å². The Labute approximate surface area is 126 Å². The van der Waals surface area contributed by atoms with Crippen molar-refractivity contribution in [2.45, 2.75) is 45.8 Å². The lowest BCUT2D eigenvalue weighted by Gasteiger charge is -2.40. The molecule has 0 aromatic heterocycles. The van der Waals surface area contributed by atoms with Gasteiger partial charge in [-0.25, -0.2) is 4.39 Å². The van der Waals surface area contributed by atoms with E-state index in [9.17, 15) is 9.50 Å². The molecule has 2 rings (SSSR count). The van der Waals surface area contributed by atoms with Crippen LogP contribution >= 0.6 is 0 Å². The van der Waals surface area contributed by atoms with Crippen LogP contribution in [0.25, 0.3) is 0 Å². The first kappa shape index (κ1) is 16.2. The molecule has 1 saturated heterocycles. The molecule has 0 saturated carbocycles. The number of hydrogen-bond acceptors (Lipinski definition) is 3. The SMILES string of the molecule is CC(C)(C)C(O)CC1CC(N)CN(c2ccc(F)cc2)C1. The molecule has 0 amide bonds. The van der Waals surface area contributed by atoms with Crippen molar-refractivity contribution >= 4 is 5.69 Å². The number of nitrogens with two attached hydrogens (primary N) is 1. The molecule has 3 unspecified atom stereocenters. The second-order valence-electron chi connectivity index (χ2n) is 7.36. The number of benzene rings is 1. The Morgan fingerprint density at radius 1 is 1.29 bits per heavy atom. The molecule has 1 aromatic carbocycles. The van der Waals surface area contributed by atoms with Crippen LogP contribution < -0.4 is 10.6 Å². The predicted molar refractivity (Wildman–Crippen MR) is 84.8 cm³/mol. The summed E-state index contributed by atoms with van der Waals surface area (Å²) in [7, 11) is 0. The van der Waals surface area contributed by atoms with Gasteiger partial charge in [0.05, 0.1) is 6.10 Å². The van der Waals surface area contributed by atoms with Crippen LogP contribution in [-0.4, -0.2) is 30.3 Å². The van der Waals surface area contributed by atoms with Crippen LogP contribution in [0.15, 0.2) is 24.3 Å². The fourth-order valence-electron chi connectivity index (χ4n) is 2.95. The quantitative estimate of drug-likeness (QED) is 0.901. The number of piperidine rings is 1. The normalized spacial score (nSPS) is 25.0. The molecule has 1 aliphatic heterocycles. The van der Waals surface area contributed by atoms with Gasteiger partial charge in [-0.3, -0.25) is 0 Å². The third kappa shape index (κ3) is 4.42. The minimum Gasteiger partial charge on any atom is -0.393 e. The summed E-state index contributed by atoms with van der Waals surface area (Å²) in [5, 5.41) is 10.3. The van der Waals surface area contributed by atoms with E-state index in [1.165, 1.54) is 12.1 Å². The van der Waals surface area contributed by atoms with Crippen molar-refractivity contribution in [3.8, 4) is 0 Å². The zero-order valence-electron chi connectivity index (χ0n) is 13.2. The van der Waals surface area contributed by atoms with Crippen LogP contribution in [0.3, 0.4) is 0 Å². The highest BCUT2D eigenvalue weighted by atomic mass is 19.1. The van der Waals surface area contributed by atoms with E-state index in [4.69, 9.17) is 5.73 Å². The van der Waals surface area contributed by atoms with Crippen molar-refractivity contribution in [3.05, 3.63) is 30.1 Å². The minimum absolute atomic E-state index is 0.0981. The Bertz CT molecular complexity index is 455. The average molecular weight is 294 g/mol. The molecule has 3 N–H and O–H groups in total. The number of anilines is 1. The molecule has 118 valence electrons. The lowest BCUT2D eigenvalue weighted by atomic mass is 9.80. The van der Waals surface area contributed by atoms with Crippen molar-refractivity contribution in [3.63, 3.8) is 0 Å². The largest absolute Gasteiger partial charge is 0.393 e. The van der Waals surface area contributed by atoms with Crippen molar-refractivity contribution in [1.82, 2.24) is 0 Å². The monoisotopic (exact) mass is 294 g/mol. The van der Waals surface area contributed by atoms with Crippen LogP contribution in [0.1, 0.15) is 33.6 Å². The lowest BCUT2D eigenvalue weighted by molar-refractivity contribution is 0.0381. The zero-order chi connectivity index (χ0) is 15.6. The molecule has 4 heteroatoms. The molecule has 0 spiro atoms. The fraction of sp³-hybridized carbons (Fsp3) is 0.647. The highest BCUT2D eigenvalue weighted by Crippen LogP contribution is 2.30. The van der Waals surface area contributed by atoms with Gasteiger partial charge in [0.15, 0.2) is 0 Å². The van der Waals surface area contributed by atoms with Crippen molar-refractivity contribution in [2.75, 3.05) is 18.0 Å². The summed E-state index contributed by atoms with van der Waals surface area (Å²) in [5.41, 5.74) is 7.06. The van der Waals surface area contributed by atoms with Gasteiger partial charge in [-0.1, -0.05) is 20.8 Å². The Hall–Kier alpha value is -1.13. The zero-order valence-corrected chi connectivity index (χ0v) is 13.2. The number of nitrogens with zero attached hydrogens (tertiary/aromatic N) is 1. The summed E-state index contributed by atoms with van der Waals surface area (Å²) in [6.07, 6.45) is 1.36. The van der Waals surface area contributed by atoms with E-state index in [1.807, 2.05) is 0 Å². The smallest absolute Gasteiger partial charge is 0.123 e. The first-order valence-electron chi connectivity index (χ1n) is 7.70. The van der Waals surface area contributed by atoms with Gasteiger partial charge in [-0.05, 0) is 48.4 Å². The van der Waals surface area contributed by atoms with E-state index in [1.54, 1.807) is 12.1 Å². The molecule has 0 radical (unpaired) electrons. The number of rotatable bonds is 3. The van der Waals surface area contributed by atoms with Crippen LogP contribution in [0.5, 0.6) is 0 Å². The summed E-state index contributed by atoms with van der Waals surface area (Å²) < 4.78 is 13.0. The van der Waals surface area contributed by atoms with E-state index < -0.39 is 0 Å². The Morgan fingerprint density at radius 3 is 2.48 bits per heavy atom. The van der Waals surface area contributed by atoms with Crippen molar-refractivity contribution in [2.24, 2.45) is 17.1 Å². The maximum atomic E-state index is 13.0. The minimum atomic E-state index is -0.331. The van der Waals surface area contributed by atoms with Gasteiger partial charge in [0.2, 0.25) is 0 Å². The summed E-state index contributed by atoms with van der Waals surface area (Å²) in [5.74, 6) is 0.146. The molecular formula is C17H27FN2O. The van der Waals surface area contributed by atoms with E-state index in [0.29, 0.717) is 5.92 Å². The number of halogens is 1. The summed E-state index contributed by atoms with van der Waals surface area (Å²) in [4.78, 5) is 2.20. The van der Waals surface area contributed by atoms with Crippen LogP contribution in [0, 0.1) is 17.2 Å². The van der Waals surface area contributed by atoms with Crippen molar-refractivity contribution < 1.29 is 9.50 Å². The molecule has 1 aliphatic rings. The Kier molecular flexibility index (Phi) is 4.89. The fourth-order valence-corrected chi connectivity index (χ4v) is 2.95. The predicted octanol–water partition coefficient (Wildman–Crippen LogP) is 2.78. The van der Waals surface area contributed by atoms with Gasteiger partial charge in [0, 0.05) is 24.8 Å². The number of hydrogen-bond donors (Lipinski definition) is 2. The summed E-state index contributed by atoms with van der Waals surface area (Å²) >= 11 is 0. The molecule has 1 aromatic rings.